The van der Waals surface area contributed by atoms with Gasteiger partial charge in [-0.25, -0.2) is 9.78 Å². The van der Waals surface area contributed by atoms with Crippen molar-refractivity contribution in [2.24, 2.45) is 0 Å². The number of aryl methyl sites for hydroxylation is 1. The molecule has 94 valence electrons. The quantitative estimate of drug-likeness (QED) is 0.878. The second-order valence-corrected chi connectivity index (χ2v) is 3.97. The van der Waals surface area contributed by atoms with E-state index in [1.807, 2.05) is 6.92 Å². The van der Waals surface area contributed by atoms with Crippen LogP contribution in [0.3, 0.4) is 0 Å². The third kappa shape index (κ3) is 2.69. The van der Waals surface area contributed by atoms with Gasteiger partial charge >= 0.3 is 5.97 Å². The molecule has 5 heteroatoms. The molecule has 1 aromatic carbocycles. The lowest BCUT2D eigenvalue weighted by Crippen LogP contribution is -2.01. The van der Waals surface area contributed by atoms with Crippen molar-refractivity contribution in [3.8, 4) is 6.07 Å². The SMILES string of the molecule is Cc1ccnc(Nc2cccc(C(=O)O)c2)c1C#N. The Morgan fingerprint density at radius 1 is 1.42 bits per heavy atom. The molecule has 1 aromatic heterocycles. The number of aromatic carboxylic acids is 1. The van der Waals surface area contributed by atoms with Crippen molar-refractivity contribution < 1.29 is 9.90 Å². The van der Waals surface area contributed by atoms with E-state index in [9.17, 15) is 4.79 Å². The third-order valence-electron chi connectivity index (χ3n) is 2.64. The van der Waals surface area contributed by atoms with Gasteiger partial charge in [-0.3, -0.25) is 0 Å². The number of benzene rings is 1. The van der Waals surface area contributed by atoms with Crippen LogP contribution in [-0.4, -0.2) is 16.1 Å². The van der Waals surface area contributed by atoms with Gasteiger partial charge in [0.05, 0.1) is 11.1 Å². The van der Waals surface area contributed by atoms with E-state index in [0.29, 0.717) is 17.1 Å². The molecule has 19 heavy (non-hydrogen) atoms. The predicted molar refractivity (Wildman–Crippen MR) is 70.4 cm³/mol. The van der Waals surface area contributed by atoms with Gasteiger partial charge in [0.1, 0.15) is 11.9 Å². The van der Waals surface area contributed by atoms with Crippen LogP contribution in [0.1, 0.15) is 21.5 Å². The molecular formula is C14H11N3O2. The van der Waals surface area contributed by atoms with Gasteiger partial charge in [-0.05, 0) is 36.8 Å². The number of aromatic nitrogens is 1. The Morgan fingerprint density at radius 2 is 2.21 bits per heavy atom. The van der Waals surface area contributed by atoms with Gasteiger partial charge in [-0.2, -0.15) is 5.26 Å². The highest BCUT2D eigenvalue weighted by atomic mass is 16.4. The number of hydrogen-bond donors (Lipinski definition) is 2. The molecule has 0 saturated heterocycles. The second-order valence-electron chi connectivity index (χ2n) is 3.97. The Balaban J connectivity index is 2.37. The molecule has 0 radical (unpaired) electrons. The summed E-state index contributed by atoms with van der Waals surface area (Å²) in [6.07, 6.45) is 1.60. The van der Waals surface area contributed by atoms with Crippen LogP contribution >= 0.6 is 0 Å². The lowest BCUT2D eigenvalue weighted by atomic mass is 10.1. The normalized spacial score (nSPS) is 9.68. The van der Waals surface area contributed by atoms with Crippen molar-refractivity contribution in [1.29, 1.82) is 5.26 Å². The Morgan fingerprint density at radius 3 is 2.89 bits per heavy atom. The van der Waals surface area contributed by atoms with E-state index in [-0.39, 0.29) is 5.56 Å². The van der Waals surface area contributed by atoms with E-state index in [4.69, 9.17) is 10.4 Å². The number of nitrogens with zero attached hydrogens (tertiary/aromatic N) is 2. The molecule has 0 aliphatic carbocycles. The van der Waals surface area contributed by atoms with Crippen molar-refractivity contribution in [3.63, 3.8) is 0 Å². The van der Waals surface area contributed by atoms with Gasteiger partial charge in [0.15, 0.2) is 0 Å². The largest absolute Gasteiger partial charge is 0.478 e. The predicted octanol–water partition coefficient (Wildman–Crippen LogP) is 2.70. The Labute approximate surface area is 110 Å². The molecule has 0 aliphatic heterocycles. The Bertz CT molecular complexity index is 675. The van der Waals surface area contributed by atoms with Crippen molar-refractivity contribution in [2.75, 3.05) is 5.32 Å². The highest BCUT2D eigenvalue weighted by molar-refractivity contribution is 5.89. The Kier molecular flexibility index (Phi) is 3.44. The fourth-order valence-electron chi connectivity index (χ4n) is 1.66. The fourth-order valence-corrected chi connectivity index (χ4v) is 1.66. The highest BCUT2D eigenvalue weighted by Crippen LogP contribution is 2.21. The van der Waals surface area contributed by atoms with Gasteiger partial charge in [0.25, 0.3) is 0 Å². The van der Waals surface area contributed by atoms with Crippen molar-refractivity contribution in [3.05, 3.63) is 53.2 Å². The standard InChI is InChI=1S/C14H11N3O2/c1-9-5-6-16-13(12(9)8-15)17-11-4-2-3-10(7-11)14(18)19/h2-7H,1H3,(H,16,17)(H,18,19). The summed E-state index contributed by atoms with van der Waals surface area (Å²) in [5.74, 6) is -0.577. The zero-order valence-electron chi connectivity index (χ0n) is 10.2. The van der Waals surface area contributed by atoms with Crippen LogP contribution in [0.4, 0.5) is 11.5 Å². The molecular weight excluding hydrogens is 242 g/mol. The first-order valence-corrected chi connectivity index (χ1v) is 5.58. The molecule has 0 amide bonds. The topological polar surface area (TPSA) is 86.0 Å². The average Bonchev–Trinajstić information content (AvgIpc) is 2.39. The molecule has 2 N–H and O–H groups in total. The molecule has 2 aromatic rings. The van der Waals surface area contributed by atoms with Crippen LogP contribution in [0.5, 0.6) is 0 Å². The van der Waals surface area contributed by atoms with Gasteiger partial charge in [-0.15, -0.1) is 0 Å². The number of anilines is 2. The third-order valence-corrected chi connectivity index (χ3v) is 2.64. The minimum atomic E-state index is -0.999. The molecule has 0 saturated carbocycles. The number of pyridine rings is 1. The maximum absolute atomic E-state index is 10.9. The molecule has 0 unspecified atom stereocenters. The number of nitrogens with one attached hydrogen (secondary N) is 1. The zero-order valence-corrected chi connectivity index (χ0v) is 10.2. The first-order chi connectivity index (χ1) is 9.11. The summed E-state index contributed by atoms with van der Waals surface area (Å²) in [7, 11) is 0. The Hall–Kier alpha value is -2.87. The van der Waals surface area contributed by atoms with Crippen LogP contribution in [0, 0.1) is 18.3 Å². The summed E-state index contributed by atoms with van der Waals surface area (Å²) in [6, 6.07) is 10.2. The second kappa shape index (κ2) is 5.19. The zero-order chi connectivity index (χ0) is 13.8. The van der Waals surface area contributed by atoms with Crippen molar-refractivity contribution in [1.82, 2.24) is 4.98 Å². The fraction of sp³-hybridized carbons (Fsp3) is 0.0714. The van der Waals surface area contributed by atoms with Crippen molar-refractivity contribution in [2.45, 2.75) is 6.92 Å². The molecule has 1 heterocycles. The van der Waals surface area contributed by atoms with Gasteiger partial charge in [-0.1, -0.05) is 6.07 Å². The van der Waals surface area contributed by atoms with E-state index in [2.05, 4.69) is 16.4 Å². The lowest BCUT2D eigenvalue weighted by Gasteiger charge is -2.09. The van der Waals surface area contributed by atoms with Gasteiger partial charge < -0.3 is 10.4 Å². The number of carbonyl (C=O) groups is 1. The summed E-state index contributed by atoms with van der Waals surface area (Å²) >= 11 is 0. The monoisotopic (exact) mass is 253 g/mol. The molecule has 0 bridgehead atoms. The number of nitriles is 1. The van der Waals surface area contributed by atoms with E-state index < -0.39 is 5.97 Å². The average molecular weight is 253 g/mol. The highest BCUT2D eigenvalue weighted by Gasteiger charge is 2.08. The molecule has 0 spiro atoms. The minimum Gasteiger partial charge on any atom is -0.478 e. The number of carboxylic acid groups (broad SMARTS) is 1. The number of carboxylic acids is 1. The molecule has 0 aliphatic rings. The number of hydrogen-bond acceptors (Lipinski definition) is 4. The van der Waals surface area contributed by atoms with Crippen molar-refractivity contribution >= 4 is 17.5 Å². The first-order valence-electron chi connectivity index (χ1n) is 5.58. The van der Waals surface area contributed by atoms with E-state index in [1.165, 1.54) is 12.1 Å². The van der Waals surface area contributed by atoms with E-state index in [0.717, 1.165) is 5.56 Å². The maximum atomic E-state index is 10.9. The lowest BCUT2D eigenvalue weighted by molar-refractivity contribution is 0.0697. The maximum Gasteiger partial charge on any atom is 0.335 e. The smallest absolute Gasteiger partial charge is 0.335 e. The number of rotatable bonds is 3. The van der Waals surface area contributed by atoms with E-state index in [1.54, 1.807) is 24.4 Å². The molecule has 0 fully saturated rings. The summed E-state index contributed by atoms with van der Waals surface area (Å²) in [5, 5.41) is 21.0. The summed E-state index contributed by atoms with van der Waals surface area (Å²) in [5.41, 5.74) is 2.02. The van der Waals surface area contributed by atoms with Crippen LogP contribution in [0.2, 0.25) is 0 Å². The van der Waals surface area contributed by atoms with Gasteiger partial charge in [0, 0.05) is 11.9 Å². The summed E-state index contributed by atoms with van der Waals surface area (Å²) in [6.45, 7) is 1.82. The molecule has 5 nitrogen and oxygen atoms in total. The van der Waals surface area contributed by atoms with E-state index >= 15 is 0 Å². The molecule has 2 rings (SSSR count). The molecule has 0 atom stereocenters. The minimum absolute atomic E-state index is 0.177. The van der Waals surface area contributed by atoms with Crippen LogP contribution < -0.4 is 5.32 Å². The van der Waals surface area contributed by atoms with Crippen LogP contribution in [0.15, 0.2) is 36.5 Å². The van der Waals surface area contributed by atoms with Crippen LogP contribution in [-0.2, 0) is 0 Å². The first kappa shape index (κ1) is 12.6. The summed E-state index contributed by atoms with van der Waals surface area (Å²) < 4.78 is 0. The summed E-state index contributed by atoms with van der Waals surface area (Å²) in [4.78, 5) is 15.0. The van der Waals surface area contributed by atoms with Crippen LogP contribution in [0.25, 0.3) is 0 Å². The van der Waals surface area contributed by atoms with Gasteiger partial charge in [0.2, 0.25) is 0 Å².